The fourth-order valence-electron chi connectivity index (χ4n) is 2.63. The lowest BCUT2D eigenvalue weighted by molar-refractivity contribution is 0.0968. The second kappa shape index (κ2) is 22.7. The van der Waals surface area contributed by atoms with Gasteiger partial charge in [0.15, 0.2) is 0 Å². The molecular formula is C31H68O. The second-order valence-electron chi connectivity index (χ2n) is 14.6. The molecule has 0 atom stereocenters. The topological polar surface area (TPSA) is 9.23 Å². The SMILES string of the molecule is C1CCCC1.C1CCCCC1.C1CCOCC1.CC(C)(C)C.CC(C)(C)C.CC(C)(C)C. The first-order chi connectivity index (χ1) is 14.5. The highest BCUT2D eigenvalue weighted by Gasteiger charge is 1.97. The van der Waals surface area contributed by atoms with Crippen molar-refractivity contribution >= 4 is 0 Å². The summed E-state index contributed by atoms with van der Waals surface area (Å²) in [6.07, 6.45) is 20.4. The molecule has 0 aromatic rings. The molecular weight excluding hydrogens is 388 g/mol. The molecule has 198 valence electrons. The van der Waals surface area contributed by atoms with Crippen LogP contribution in [0.4, 0.5) is 0 Å². The molecule has 0 unspecified atom stereocenters. The van der Waals surface area contributed by atoms with Crippen LogP contribution >= 0.6 is 0 Å². The molecule has 1 aliphatic heterocycles. The fraction of sp³-hybridized carbons (Fsp3) is 1.00. The van der Waals surface area contributed by atoms with Crippen molar-refractivity contribution in [3.05, 3.63) is 0 Å². The number of hydrogen-bond donors (Lipinski definition) is 0. The average Bonchev–Trinajstić information content (AvgIpc) is 3.21. The van der Waals surface area contributed by atoms with Crippen LogP contribution in [0, 0.1) is 16.2 Å². The third-order valence-corrected chi connectivity index (χ3v) is 3.83. The molecule has 1 nitrogen and oxygen atoms in total. The Balaban J connectivity index is -0.000000316. The first-order valence-electron chi connectivity index (χ1n) is 14.1. The first-order valence-corrected chi connectivity index (χ1v) is 14.1. The highest BCUT2D eigenvalue weighted by Crippen LogP contribution is 2.15. The molecule has 1 heterocycles. The van der Waals surface area contributed by atoms with Crippen molar-refractivity contribution in [2.45, 2.75) is 173 Å². The van der Waals surface area contributed by atoms with E-state index in [1.807, 2.05) is 0 Å². The molecule has 0 amide bonds. The second-order valence-corrected chi connectivity index (χ2v) is 14.6. The third kappa shape index (κ3) is 87.4. The maximum absolute atomic E-state index is 5.07. The summed E-state index contributed by atoms with van der Waals surface area (Å²) in [5.41, 5.74) is 1.50. The van der Waals surface area contributed by atoms with Gasteiger partial charge in [-0.15, -0.1) is 0 Å². The Morgan fingerprint density at radius 3 is 0.469 bits per heavy atom. The quantitative estimate of drug-likeness (QED) is 0.352. The van der Waals surface area contributed by atoms with Crippen LogP contribution in [0.5, 0.6) is 0 Å². The summed E-state index contributed by atoms with van der Waals surface area (Å²) in [6, 6.07) is 0. The van der Waals surface area contributed by atoms with Crippen LogP contribution in [-0.2, 0) is 4.74 Å². The zero-order valence-electron chi connectivity index (χ0n) is 25.2. The zero-order valence-corrected chi connectivity index (χ0v) is 25.2. The van der Waals surface area contributed by atoms with Gasteiger partial charge in [0.1, 0.15) is 0 Å². The molecule has 0 radical (unpaired) electrons. The van der Waals surface area contributed by atoms with Crippen LogP contribution in [-0.4, -0.2) is 13.2 Å². The first kappa shape index (κ1) is 36.5. The van der Waals surface area contributed by atoms with Crippen molar-refractivity contribution in [2.75, 3.05) is 13.2 Å². The van der Waals surface area contributed by atoms with Gasteiger partial charge < -0.3 is 4.74 Å². The molecule has 1 heteroatoms. The molecule has 0 aromatic heterocycles. The van der Waals surface area contributed by atoms with Gasteiger partial charge in [-0.1, -0.05) is 154 Å². The maximum atomic E-state index is 5.07. The predicted molar refractivity (Wildman–Crippen MR) is 151 cm³/mol. The highest BCUT2D eigenvalue weighted by atomic mass is 16.5. The molecule has 0 spiro atoms. The van der Waals surface area contributed by atoms with Crippen molar-refractivity contribution in [1.29, 1.82) is 0 Å². The van der Waals surface area contributed by atoms with Gasteiger partial charge in [-0.05, 0) is 35.5 Å². The van der Waals surface area contributed by atoms with E-state index in [4.69, 9.17) is 4.74 Å². The van der Waals surface area contributed by atoms with Gasteiger partial charge in [0.25, 0.3) is 0 Å². The highest BCUT2D eigenvalue weighted by molar-refractivity contribution is 4.52. The van der Waals surface area contributed by atoms with Crippen LogP contribution < -0.4 is 0 Å². The van der Waals surface area contributed by atoms with Crippen molar-refractivity contribution < 1.29 is 4.74 Å². The summed E-state index contributed by atoms with van der Waals surface area (Å²) < 4.78 is 5.07. The Morgan fingerprint density at radius 2 is 0.406 bits per heavy atom. The molecule has 2 saturated carbocycles. The van der Waals surface area contributed by atoms with E-state index in [-0.39, 0.29) is 0 Å². The molecule has 0 N–H and O–H groups in total. The molecule has 1 saturated heterocycles. The van der Waals surface area contributed by atoms with Gasteiger partial charge in [-0.2, -0.15) is 0 Å². The van der Waals surface area contributed by atoms with E-state index in [9.17, 15) is 0 Å². The van der Waals surface area contributed by atoms with Crippen LogP contribution in [0.1, 0.15) is 173 Å². The van der Waals surface area contributed by atoms with Gasteiger partial charge in [-0.3, -0.25) is 0 Å². The van der Waals surface area contributed by atoms with E-state index < -0.39 is 0 Å². The van der Waals surface area contributed by atoms with Crippen molar-refractivity contribution in [3.63, 3.8) is 0 Å². The Morgan fingerprint density at radius 1 is 0.281 bits per heavy atom. The number of rotatable bonds is 0. The Bertz CT molecular complexity index is 236. The van der Waals surface area contributed by atoms with E-state index in [1.165, 1.54) is 89.9 Å². The molecule has 32 heavy (non-hydrogen) atoms. The van der Waals surface area contributed by atoms with Gasteiger partial charge in [-0.25, -0.2) is 0 Å². The van der Waals surface area contributed by atoms with Gasteiger partial charge in [0, 0.05) is 13.2 Å². The summed E-state index contributed by atoms with van der Waals surface area (Å²) in [6.45, 7) is 28.2. The van der Waals surface area contributed by atoms with E-state index in [0.29, 0.717) is 16.2 Å². The Labute approximate surface area is 207 Å². The third-order valence-electron chi connectivity index (χ3n) is 3.83. The monoisotopic (exact) mass is 457 g/mol. The molecule has 0 aromatic carbocycles. The lowest BCUT2D eigenvalue weighted by atomic mass is 10.0. The maximum Gasteiger partial charge on any atom is 0.0466 e. The largest absolute Gasteiger partial charge is 0.381 e. The minimum absolute atomic E-state index is 0.500. The van der Waals surface area contributed by atoms with Crippen molar-refractivity contribution in [1.82, 2.24) is 0 Å². The molecule has 3 fully saturated rings. The molecule has 3 aliphatic rings. The predicted octanol–water partition coefficient (Wildman–Crippen LogP) is 11.6. The summed E-state index contributed by atoms with van der Waals surface area (Å²) in [5.74, 6) is 0. The molecule has 2 aliphatic carbocycles. The van der Waals surface area contributed by atoms with Gasteiger partial charge >= 0.3 is 0 Å². The average molecular weight is 457 g/mol. The minimum atomic E-state index is 0.500. The van der Waals surface area contributed by atoms with Crippen molar-refractivity contribution in [3.8, 4) is 0 Å². The number of hydrogen-bond acceptors (Lipinski definition) is 1. The summed E-state index contributed by atoms with van der Waals surface area (Å²) in [4.78, 5) is 0. The van der Waals surface area contributed by atoms with E-state index in [2.05, 4.69) is 83.1 Å². The van der Waals surface area contributed by atoms with Crippen LogP contribution in [0.2, 0.25) is 0 Å². The number of ether oxygens (including phenoxy) is 1. The Hall–Kier alpha value is -0.0400. The van der Waals surface area contributed by atoms with Crippen LogP contribution in [0.15, 0.2) is 0 Å². The van der Waals surface area contributed by atoms with Crippen LogP contribution in [0.25, 0.3) is 0 Å². The molecule has 0 bridgehead atoms. The summed E-state index contributed by atoms with van der Waals surface area (Å²) in [5, 5.41) is 0. The lowest BCUT2D eigenvalue weighted by Gasteiger charge is -2.08. The summed E-state index contributed by atoms with van der Waals surface area (Å²) in [7, 11) is 0. The van der Waals surface area contributed by atoms with Crippen molar-refractivity contribution in [2.24, 2.45) is 16.2 Å². The van der Waals surface area contributed by atoms with Gasteiger partial charge in [0.2, 0.25) is 0 Å². The van der Waals surface area contributed by atoms with E-state index in [0.717, 1.165) is 13.2 Å². The standard InChI is InChI=1S/C6H12.C5H10O.C5H10.3C5H12/c2*1-2-4-6-5-3-1;1-2-4-5-3-1;3*1-5(2,3)4/h1-6H2;1-5H2;1-5H2;3*1-4H3. The summed E-state index contributed by atoms with van der Waals surface area (Å²) >= 11 is 0. The zero-order chi connectivity index (χ0) is 25.5. The smallest absolute Gasteiger partial charge is 0.0466 e. The molecule has 3 rings (SSSR count). The normalized spacial score (nSPS) is 18.4. The fourth-order valence-corrected chi connectivity index (χ4v) is 2.63. The van der Waals surface area contributed by atoms with Crippen LogP contribution in [0.3, 0.4) is 0 Å². The van der Waals surface area contributed by atoms with E-state index in [1.54, 1.807) is 0 Å². The van der Waals surface area contributed by atoms with Gasteiger partial charge in [0.05, 0.1) is 0 Å². The van der Waals surface area contributed by atoms with E-state index >= 15 is 0 Å². The minimum Gasteiger partial charge on any atom is -0.381 e. The lowest BCUT2D eigenvalue weighted by Crippen LogP contribution is -2.03. The Kier molecular flexibility index (Phi) is 26.0.